The Kier molecular flexibility index (Phi) is 4.14. The third-order valence-electron chi connectivity index (χ3n) is 4.34. The summed E-state index contributed by atoms with van der Waals surface area (Å²) in [5, 5.41) is 13.5. The summed E-state index contributed by atoms with van der Waals surface area (Å²) in [5.74, 6) is 0.912. The Morgan fingerprint density at radius 2 is 2.00 bits per heavy atom. The molecule has 3 rings (SSSR count). The van der Waals surface area contributed by atoms with E-state index in [1.807, 2.05) is 24.3 Å². The maximum atomic E-state index is 12.3. The number of hydrogen-bond acceptors (Lipinski definition) is 4. The average molecular weight is 320 g/mol. The lowest BCUT2D eigenvalue weighted by Gasteiger charge is -2.26. The van der Waals surface area contributed by atoms with E-state index in [-0.39, 0.29) is 18.4 Å². The van der Waals surface area contributed by atoms with Crippen molar-refractivity contribution in [3.63, 3.8) is 0 Å². The first-order valence-electron chi connectivity index (χ1n) is 7.40. The molecule has 118 valence electrons. The van der Waals surface area contributed by atoms with Crippen LogP contribution in [-0.2, 0) is 22.4 Å². The van der Waals surface area contributed by atoms with Gasteiger partial charge in [-0.25, -0.2) is 0 Å². The molecule has 2 aliphatic rings. The molecule has 5 nitrogen and oxygen atoms in total. The fraction of sp³-hybridized carbons (Fsp3) is 0.500. The number of hydrogen-bond donors (Lipinski definition) is 2. The van der Waals surface area contributed by atoms with E-state index in [0.717, 1.165) is 11.1 Å². The lowest BCUT2D eigenvalue weighted by molar-refractivity contribution is -0.136. The van der Waals surface area contributed by atoms with Crippen LogP contribution in [0, 0.1) is 0 Å². The third-order valence-corrected chi connectivity index (χ3v) is 5.35. The van der Waals surface area contributed by atoms with Crippen molar-refractivity contribution in [2.75, 3.05) is 18.2 Å². The highest BCUT2D eigenvalue weighted by atomic mass is 32.2. The first kappa shape index (κ1) is 15.4. The molecule has 1 fully saturated rings. The van der Waals surface area contributed by atoms with Crippen molar-refractivity contribution in [1.29, 1.82) is 0 Å². The lowest BCUT2D eigenvalue weighted by Crippen LogP contribution is -2.51. The Hall–Kier alpha value is -1.53. The molecule has 1 saturated heterocycles. The first-order chi connectivity index (χ1) is 10.5. The highest BCUT2D eigenvalue weighted by Crippen LogP contribution is 2.29. The van der Waals surface area contributed by atoms with Crippen LogP contribution in [-0.4, -0.2) is 51.6 Å². The van der Waals surface area contributed by atoms with Gasteiger partial charge in [-0.1, -0.05) is 24.3 Å². The number of carbonyl (C=O) groups excluding carboxylic acids is 2. The molecule has 6 heteroatoms. The Bertz CT molecular complexity index is 580. The molecule has 0 aromatic heterocycles. The molecule has 2 N–H and O–H groups in total. The van der Waals surface area contributed by atoms with E-state index in [2.05, 4.69) is 5.32 Å². The van der Waals surface area contributed by atoms with Crippen molar-refractivity contribution >= 4 is 23.6 Å². The smallest absolute Gasteiger partial charge is 0.243 e. The fourth-order valence-corrected chi connectivity index (χ4v) is 4.36. The Morgan fingerprint density at radius 3 is 2.59 bits per heavy atom. The second kappa shape index (κ2) is 5.93. The second-order valence-corrected chi connectivity index (χ2v) is 7.07. The van der Waals surface area contributed by atoms with Crippen LogP contribution in [0.25, 0.3) is 0 Å². The second-order valence-electron chi connectivity index (χ2n) is 6.07. The summed E-state index contributed by atoms with van der Waals surface area (Å²) in [6.07, 6.45) is 1.11. The standard InChI is InChI=1S/C16H20N2O3S/c1-11(19)18-10-22-8-14(18)15(20)17-9-16(21)6-12-4-2-3-5-13(12)7-16/h2-5,14,21H,6-10H2,1H3,(H,17,20). The normalized spacial score (nSPS) is 22.5. The molecule has 1 aliphatic heterocycles. The van der Waals surface area contributed by atoms with E-state index in [1.54, 1.807) is 16.7 Å². The van der Waals surface area contributed by atoms with Gasteiger partial charge in [0.15, 0.2) is 0 Å². The molecular formula is C16H20N2O3S. The molecular weight excluding hydrogens is 300 g/mol. The average Bonchev–Trinajstić information content (AvgIpc) is 3.08. The number of amides is 2. The number of rotatable bonds is 3. The zero-order chi connectivity index (χ0) is 15.7. The Labute approximate surface area is 134 Å². The molecule has 0 bridgehead atoms. The highest BCUT2D eigenvalue weighted by molar-refractivity contribution is 7.99. The van der Waals surface area contributed by atoms with E-state index in [1.165, 1.54) is 6.92 Å². The van der Waals surface area contributed by atoms with E-state index in [9.17, 15) is 14.7 Å². The molecule has 1 aliphatic carbocycles. The van der Waals surface area contributed by atoms with Crippen LogP contribution >= 0.6 is 11.8 Å². The molecule has 22 heavy (non-hydrogen) atoms. The number of benzene rings is 1. The molecule has 1 atom stereocenters. The predicted octanol–water partition coefficient (Wildman–Crippen LogP) is 0.554. The third kappa shape index (κ3) is 2.98. The number of fused-ring (bicyclic) bond motifs is 1. The minimum atomic E-state index is -0.924. The maximum Gasteiger partial charge on any atom is 0.243 e. The topological polar surface area (TPSA) is 69.6 Å². The SMILES string of the molecule is CC(=O)N1CSCC1C(=O)NCC1(O)Cc2ccccc2C1. The zero-order valence-electron chi connectivity index (χ0n) is 12.5. The van der Waals surface area contributed by atoms with Crippen LogP contribution in [0.4, 0.5) is 0 Å². The van der Waals surface area contributed by atoms with Gasteiger partial charge < -0.3 is 15.3 Å². The quantitative estimate of drug-likeness (QED) is 0.853. The van der Waals surface area contributed by atoms with Crippen LogP contribution in [0.15, 0.2) is 24.3 Å². The number of carbonyl (C=O) groups is 2. The van der Waals surface area contributed by atoms with Gasteiger partial charge in [0.05, 0.1) is 11.5 Å². The van der Waals surface area contributed by atoms with Gasteiger partial charge in [-0.05, 0) is 11.1 Å². The summed E-state index contributed by atoms with van der Waals surface area (Å²) in [7, 11) is 0. The minimum absolute atomic E-state index is 0.0860. The fourth-order valence-electron chi connectivity index (χ4n) is 3.14. The van der Waals surface area contributed by atoms with Crippen molar-refractivity contribution < 1.29 is 14.7 Å². The monoisotopic (exact) mass is 320 g/mol. The van der Waals surface area contributed by atoms with Gasteiger partial charge in [-0.15, -0.1) is 11.8 Å². The lowest BCUT2D eigenvalue weighted by atomic mass is 10.0. The summed E-state index contributed by atoms with van der Waals surface area (Å²) in [4.78, 5) is 25.4. The summed E-state index contributed by atoms with van der Waals surface area (Å²) in [6, 6.07) is 7.53. The summed E-state index contributed by atoms with van der Waals surface area (Å²) in [6.45, 7) is 1.70. The van der Waals surface area contributed by atoms with Gasteiger partial charge >= 0.3 is 0 Å². The van der Waals surface area contributed by atoms with Crippen LogP contribution < -0.4 is 5.32 Å². The number of nitrogens with zero attached hydrogens (tertiary/aromatic N) is 1. The Balaban J connectivity index is 1.59. The number of thioether (sulfide) groups is 1. The predicted molar refractivity (Wildman–Crippen MR) is 85.4 cm³/mol. The molecule has 1 heterocycles. The zero-order valence-corrected chi connectivity index (χ0v) is 13.4. The van der Waals surface area contributed by atoms with Crippen molar-refractivity contribution in [2.24, 2.45) is 0 Å². The van der Waals surface area contributed by atoms with Gasteiger partial charge in [0.25, 0.3) is 0 Å². The minimum Gasteiger partial charge on any atom is -0.387 e. The van der Waals surface area contributed by atoms with Gasteiger partial charge in [0, 0.05) is 32.1 Å². The molecule has 0 spiro atoms. The van der Waals surface area contributed by atoms with Gasteiger partial charge in [-0.2, -0.15) is 0 Å². The van der Waals surface area contributed by atoms with Crippen molar-refractivity contribution in [3.8, 4) is 0 Å². The van der Waals surface area contributed by atoms with Crippen molar-refractivity contribution in [1.82, 2.24) is 10.2 Å². The van der Waals surface area contributed by atoms with Crippen LogP contribution in [0.5, 0.6) is 0 Å². The summed E-state index contributed by atoms with van der Waals surface area (Å²) < 4.78 is 0. The molecule has 1 aromatic rings. The molecule has 1 aromatic carbocycles. The molecule has 1 unspecified atom stereocenters. The molecule has 2 amide bonds. The van der Waals surface area contributed by atoms with Crippen LogP contribution in [0.1, 0.15) is 18.1 Å². The summed E-state index contributed by atoms with van der Waals surface area (Å²) in [5.41, 5.74) is 1.36. The van der Waals surface area contributed by atoms with Gasteiger partial charge in [0.2, 0.25) is 11.8 Å². The summed E-state index contributed by atoms with van der Waals surface area (Å²) >= 11 is 1.58. The van der Waals surface area contributed by atoms with Gasteiger partial charge in [0.1, 0.15) is 6.04 Å². The number of aliphatic hydroxyl groups is 1. The number of nitrogens with one attached hydrogen (secondary N) is 1. The highest BCUT2D eigenvalue weighted by Gasteiger charge is 2.37. The van der Waals surface area contributed by atoms with Crippen molar-refractivity contribution in [2.45, 2.75) is 31.4 Å². The molecule has 0 radical (unpaired) electrons. The first-order valence-corrected chi connectivity index (χ1v) is 8.56. The van der Waals surface area contributed by atoms with Crippen LogP contribution in [0.3, 0.4) is 0 Å². The van der Waals surface area contributed by atoms with Crippen molar-refractivity contribution in [3.05, 3.63) is 35.4 Å². The van der Waals surface area contributed by atoms with E-state index in [0.29, 0.717) is 24.5 Å². The van der Waals surface area contributed by atoms with E-state index in [4.69, 9.17) is 0 Å². The van der Waals surface area contributed by atoms with E-state index < -0.39 is 11.6 Å². The van der Waals surface area contributed by atoms with Gasteiger partial charge in [-0.3, -0.25) is 9.59 Å². The largest absolute Gasteiger partial charge is 0.387 e. The Morgan fingerprint density at radius 1 is 1.36 bits per heavy atom. The molecule has 0 saturated carbocycles. The maximum absolute atomic E-state index is 12.3. The van der Waals surface area contributed by atoms with E-state index >= 15 is 0 Å². The van der Waals surface area contributed by atoms with Crippen LogP contribution in [0.2, 0.25) is 0 Å².